The Morgan fingerprint density at radius 1 is 1.67 bits per heavy atom. The second kappa shape index (κ2) is 2.78. The van der Waals surface area contributed by atoms with Crippen molar-refractivity contribution in [1.82, 2.24) is 0 Å². The predicted molar refractivity (Wildman–Crippen MR) is 29.3 cm³/mol. The highest BCUT2D eigenvalue weighted by atomic mass is 79.9. The highest BCUT2D eigenvalue weighted by molar-refractivity contribution is 9.10. The van der Waals surface area contributed by atoms with Crippen LogP contribution in [0.4, 0.5) is 8.78 Å². The lowest BCUT2D eigenvalue weighted by atomic mass is 10.6. The zero-order valence-corrected chi connectivity index (χ0v) is 5.58. The topological polar surface area (TPSA) is 37.3 Å². The lowest BCUT2D eigenvalue weighted by Crippen LogP contribution is -2.00. The Bertz CT molecular complexity index is 173. The Kier molecular flexibility index (Phi) is 2.59. The fourth-order valence-electron chi connectivity index (χ4n) is 0.124. The molecule has 0 fully saturated rings. The van der Waals surface area contributed by atoms with Crippen LogP contribution in [-0.2, 0) is 4.79 Å². The SMILES string of the molecule is O=C(O)C#CC(F)(F)Br. The van der Waals surface area contributed by atoms with E-state index in [4.69, 9.17) is 5.11 Å². The van der Waals surface area contributed by atoms with E-state index >= 15 is 0 Å². The van der Waals surface area contributed by atoms with Crippen LogP contribution in [0.15, 0.2) is 0 Å². The molecule has 0 rings (SSSR count). The fraction of sp³-hybridized carbons (Fsp3) is 0.250. The Balaban J connectivity index is 4.04. The Labute approximate surface area is 58.0 Å². The van der Waals surface area contributed by atoms with Crippen LogP contribution in [0.3, 0.4) is 0 Å². The smallest absolute Gasteiger partial charge is 0.382 e. The number of aliphatic carboxylic acids is 1. The van der Waals surface area contributed by atoms with Crippen molar-refractivity contribution in [2.24, 2.45) is 0 Å². The minimum Gasteiger partial charge on any atom is -0.472 e. The minimum atomic E-state index is -3.40. The van der Waals surface area contributed by atoms with Crippen molar-refractivity contribution in [3.05, 3.63) is 0 Å². The molecule has 0 amide bonds. The molecule has 0 saturated heterocycles. The van der Waals surface area contributed by atoms with E-state index in [0.717, 1.165) is 5.92 Å². The molecule has 0 heterocycles. The van der Waals surface area contributed by atoms with Gasteiger partial charge in [-0.1, -0.05) is 0 Å². The van der Waals surface area contributed by atoms with Crippen molar-refractivity contribution in [3.8, 4) is 11.8 Å². The highest BCUT2D eigenvalue weighted by Gasteiger charge is 2.19. The van der Waals surface area contributed by atoms with E-state index < -0.39 is 10.8 Å². The number of alkyl halides is 3. The van der Waals surface area contributed by atoms with Crippen LogP contribution < -0.4 is 0 Å². The molecule has 0 atom stereocenters. The molecule has 0 aliphatic carbocycles. The molecule has 0 aromatic rings. The number of carboxylic acid groups (broad SMARTS) is 1. The summed E-state index contributed by atoms with van der Waals surface area (Å²) in [5.41, 5.74) is 0. The maximum Gasteiger partial charge on any atom is 0.382 e. The number of carboxylic acids is 1. The third-order valence-corrected chi connectivity index (χ3v) is 0.509. The minimum absolute atomic E-state index is 1.16. The molecule has 0 aromatic carbocycles. The molecule has 0 radical (unpaired) electrons. The van der Waals surface area contributed by atoms with E-state index in [2.05, 4.69) is 0 Å². The van der Waals surface area contributed by atoms with Gasteiger partial charge in [-0.05, 0) is 5.92 Å². The molecule has 0 aliphatic heterocycles. The lowest BCUT2D eigenvalue weighted by molar-refractivity contribution is -0.130. The zero-order chi connectivity index (χ0) is 7.49. The molecule has 0 spiro atoms. The Morgan fingerprint density at radius 2 is 2.11 bits per heavy atom. The van der Waals surface area contributed by atoms with Gasteiger partial charge < -0.3 is 5.11 Å². The lowest BCUT2D eigenvalue weighted by Gasteiger charge is -1.92. The van der Waals surface area contributed by atoms with Gasteiger partial charge in [0.05, 0.1) is 0 Å². The standard InChI is InChI=1S/C4HBrF2O2/c5-4(6,7)2-1-3(8)9/h(H,8,9). The fourth-order valence-corrected chi connectivity index (χ4v) is 0.223. The number of hydrogen-bond donors (Lipinski definition) is 1. The number of rotatable bonds is 0. The Morgan fingerprint density at radius 3 is 2.22 bits per heavy atom. The second-order valence-electron chi connectivity index (χ2n) is 1.05. The Hall–Kier alpha value is -0.630. The molecule has 9 heavy (non-hydrogen) atoms. The summed E-state index contributed by atoms with van der Waals surface area (Å²) in [4.78, 5) is 6.12. The zero-order valence-electron chi connectivity index (χ0n) is 3.99. The number of halogens is 3. The van der Waals surface area contributed by atoms with Crippen molar-refractivity contribution < 1.29 is 18.7 Å². The summed E-state index contributed by atoms with van der Waals surface area (Å²) >= 11 is 1.84. The van der Waals surface area contributed by atoms with E-state index in [0.29, 0.717) is 0 Å². The summed E-state index contributed by atoms with van der Waals surface area (Å²) < 4.78 is 23.1. The van der Waals surface area contributed by atoms with Crippen molar-refractivity contribution >= 4 is 21.9 Å². The molecule has 5 heteroatoms. The quantitative estimate of drug-likeness (QED) is 0.467. The largest absolute Gasteiger partial charge is 0.472 e. The van der Waals surface area contributed by atoms with E-state index in [1.165, 1.54) is 5.92 Å². The van der Waals surface area contributed by atoms with Gasteiger partial charge in [0, 0.05) is 21.9 Å². The second-order valence-corrected chi connectivity index (χ2v) is 2.05. The first-order valence-corrected chi connectivity index (χ1v) is 2.54. The van der Waals surface area contributed by atoms with Gasteiger partial charge in [0.25, 0.3) is 0 Å². The molecular formula is C4HBrF2O2. The first-order valence-electron chi connectivity index (χ1n) is 1.74. The van der Waals surface area contributed by atoms with Crippen molar-refractivity contribution in [2.75, 3.05) is 0 Å². The average Bonchev–Trinajstić information content (AvgIpc) is 1.59. The molecule has 2 nitrogen and oxygen atoms in total. The van der Waals surface area contributed by atoms with Crippen molar-refractivity contribution in [3.63, 3.8) is 0 Å². The van der Waals surface area contributed by atoms with Gasteiger partial charge in [-0.2, -0.15) is 8.78 Å². The predicted octanol–water partition coefficient (Wildman–Crippen LogP) is 1.06. The van der Waals surface area contributed by atoms with Crippen molar-refractivity contribution in [1.29, 1.82) is 0 Å². The summed E-state index contributed by atoms with van der Waals surface area (Å²) in [6.07, 6.45) is 0. The summed E-state index contributed by atoms with van der Waals surface area (Å²) in [6, 6.07) is 0. The maximum atomic E-state index is 11.6. The molecule has 0 bridgehead atoms. The van der Waals surface area contributed by atoms with E-state index in [1.54, 1.807) is 0 Å². The van der Waals surface area contributed by atoms with Crippen LogP contribution in [0.25, 0.3) is 0 Å². The third kappa shape index (κ3) is 7.37. The number of hydrogen-bond acceptors (Lipinski definition) is 1. The molecule has 0 saturated carbocycles. The van der Waals surface area contributed by atoms with E-state index in [-0.39, 0.29) is 0 Å². The normalized spacial score (nSPS) is 9.67. The van der Waals surface area contributed by atoms with Crippen LogP contribution in [0.5, 0.6) is 0 Å². The molecule has 50 valence electrons. The first-order chi connectivity index (χ1) is 3.92. The van der Waals surface area contributed by atoms with Gasteiger partial charge in [-0.3, -0.25) is 0 Å². The molecule has 0 aromatic heterocycles. The molecule has 0 aliphatic rings. The highest BCUT2D eigenvalue weighted by Crippen LogP contribution is 2.19. The molecular weight excluding hydrogens is 198 g/mol. The van der Waals surface area contributed by atoms with Gasteiger partial charge >= 0.3 is 10.8 Å². The van der Waals surface area contributed by atoms with Crippen LogP contribution in [-0.4, -0.2) is 15.9 Å². The van der Waals surface area contributed by atoms with E-state index in [1.807, 2.05) is 15.9 Å². The van der Waals surface area contributed by atoms with Gasteiger partial charge in [0.2, 0.25) is 0 Å². The van der Waals surface area contributed by atoms with Gasteiger partial charge in [-0.15, -0.1) is 0 Å². The summed E-state index contributed by atoms with van der Waals surface area (Å²) in [7, 11) is 0. The van der Waals surface area contributed by atoms with Gasteiger partial charge in [0.15, 0.2) is 0 Å². The first kappa shape index (κ1) is 8.37. The third-order valence-electron chi connectivity index (χ3n) is 0.311. The van der Waals surface area contributed by atoms with Crippen molar-refractivity contribution in [2.45, 2.75) is 4.83 Å². The molecule has 1 N–H and O–H groups in total. The summed E-state index contributed by atoms with van der Waals surface area (Å²) in [6.45, 7) is 0. The average molecular weight is 199 g/mol. The van der Waals surface area contributed by atoms with Crippen LogP contribution in [0.2, 0.25) is 0 Å². The van der Waals surface area contributed by atoms with Gasteiger partial charge in [-0.25, -0.2) is 4.79 Å². The maximum absolute atomic E-state index is 11.6. The van der Waals surface area contributed by atoms with Gasteiger partial charge in [0.1, 0.15) is 0 Å². The summed E-state index contributed by atoms with van der Waals surface area (Å²) in [5, 5.41) is 7.75. The molecule has 0 unspecified atom stereocenters. The van der Waals surface area contributed by atoms with E-state index in [9.17, 15) is 13.6 Å². The van der Waals surface area contributed by atoms with Crippen LogP contribution in [0, 0.1) is 11.8 Å². The van der Waals surface area contributed by atoms with Crippen LogP contribution in [0.1, 0.15) is 0 Å². The van der Waals surface area contributed by atoms with Crippen LogP contribution >= 0.6 is 15.9 Å². The number of carbonyl (C=O) groups is 1. The summed E-state index contributed by atoms with van der Waals surface area (Å²) in [5.74, 6) is 0.835. The monoisotopic (exact) mass is 198 g/mol.